The molecule has 4 rings (SSSR count). The van der Waals surface area contributed by atoms with Crippen molar-refractivity contribution in [2.75, 3.05) is 32.1 Å². The van der Waals surface area contributed by atoms with Crippen LogP contribution >= 0.6 is 11.3 Å². The smallest absolute Gasteiger partial charge is 0.359 e. The number of methoxy groups -OCH3 is 1. The number of hydrogen-bond donors (Lipinski definition) is 1. The Morgan fingerprint density at radius 3 is 2.40 bits per heavy atom. The third-order valence-electron chi connectivity index (χ3n) is 6.11. The van der Waals surface area contributed by atoms with Crippen LogP contribution < -0.4 is 15.6 Å². The SMILES string of the molecule is CCOC(=O)c1nn(-c2cccc(OC)c2)c(=O)c2c(NC(=O)c3ccc(S(=O)(=O)N(CC)CC)cc3)scc12. The molecule has 0 atom stereocenters. The lowest BCUT2D eigenvalue weighted by molar-refractivity contribution is 0.0519. The van der Waals surface area contributed by atoms with Crippen LogP contribution in [0.1, 0.15) is 41.6 Å². The number of aromatic nitrogens is 2. The summed E-state index contributed by atoms with van der Waals surface area (Å²) >= 11 is 1.06. The lowest BCUT2D eigenvalue weighted by Crippen LogP contribution is -2.30. The summed E-state index contributed by atoms with van der Waals surface area (Å²) in [6.45, 7) is 5.91. The van der Waals surface area contributed by atoms with E-state index >= 15 is 0 Å². The molecule has 1 N–H and O–H groups in total. The average Bonchev–Trinajstić information content (AvgIpc) is 3.38. The van der Waals surface area contributed by atoms with Gasteiger partial charge in [0.25, 0.3) is 11.5 Å². The average molecular weight is 585 g/mol. The van der Waals surface area contributed by atoms with Gasteiger partial charge in [0.2, 0.25) is 10.0 Å². The highest BCUT2D eigenvalue weighted by Gasteiger charge is 2.25. The van der Waals surface area contributed by atoms with Crippen LogP contribution in [0.3, 0.4) is 0 Å². The maximum Gasteiger partial charge on any atom is 0.359 e. The van der Waals surface area contributed by atoms with Gasteiger partial charge in [-0.25, -0.2) is 13.2 Å². The van der Waals surface area contributed by atoms with E-state index in [0.717, 1.165) is 16.0 Å². The van der Waals surface area contributed by atoms with Gasteiger partial charge in [-0.15, -0.1) is 11.3 Å². The number of ether oxygens (including phenoxy) is 2. The summed E-state index contributed by atoms with van der Waals surface area (Å²) in [5.41, 5.74) is -0.103. The summed E-state index contributed by atoms with van der Waals surface area (Å²) in [6.07, 6.45) is 0. The van der Waals surface area contributed by atoms with Crippen molar-refractivity contribution in [1.29, 1.82) is 0 Å². The number of sulfonamides is 1. The lowest BCUT2D eigenvalue weighted by atomic mass is 10.2. The number of fused-ring (bicyclic) bond motifs is 1. The number of rotatable bonds is 10. The molecule has 2 aromatic heterocycles. The molecule has 13 heteroatoms. The number of nitrogens with zero attached hydrogens (tertiary/aromatic N) is 3. The normalized spacial score (nSPS) is 11.5. The summed E-state index contributed by atoms with van der Waals surface area (Å²) in [5, 5.41) is 9.09. The molecule has 0 aliphatic carbocycles. The first-order chi connectivity index (χ1) is 19.2. The first-order valence-electron chi connectivity index (χ1n) is 12.4. The fourth-order valence-corrected chi connectivity index (χ4v) is 6.47. The van der Waals surface area contributed by atoms with E-state index < -0.39 is 27.5 Å². The Hall–Kier alpha value is -4.07. The Balaban J connectivity index is 1.76. The molecule has 210 valence electrons. The fraction of sp³-hybridized carbons (Fsp3) is 0.259. The van der Waals surface area contributed by atoms with Gasteiger partial charge in [0.05, 0.1) is 29.7 Å². The number of nitrogens with one attached hydrogen (secondary N) is 1. The highest BCUT2D eigenvalue weighted by molar-refractivity contribution is 7.89. The minimum Gasteiger partial charge on any atom is -0.497 e. The van der Waals surface area contributed by atoms with Gasteiger partial charge < -0.3 is 14.8 Å². The van der Waals surface area contributed by atoms with Gasteiger partial charge in [0, 0.05) is 35.5 Å². The predicted molar refractivity (Wildman–Crippen MR) is 152 cm³/mol. The molecular weight excluding hydrogens is 556 g/mol. The molecule has 11 nitrogen and oxygen atoms in total. The van der Waals surface area contributed by atoms with Crippen molar-refractivity contribution >= 4 is 49.0 Å². The molecule has 2 aromatic carbocycles. The van der Waals surface area contributed by atoms with Crippen molar-refractivity contribution in [1.82, 2.24) is 14.1 Å². The van der Waals surface area contributed by atoms with Gasteiger partial charge in [-0.05, 0) is 43.3 Å². The van der Waals surface area contributed by atoms with E-state index in [1.54, 1.807) is 50.4 Å². The number of amides is 1. The predicted octanol–water partition coefficient (Wildman–Crippen LogP) is 3.92. The minimum absolute atomic E-state index is 0.0700. The van der Waals surface area contributed by atoms with Crippen molar-refractivity contribution < 1.29 is 27.5 Å². The van der Waals surface area contributed by atoms with Crippen LogP contribution in [0, 0.1) is 0 Å². The molecule has 0 spiro atoms. The molecule has 0 bridgehead atoms. The van der Waals surface area contributed by atoms with E-state index in [2.05, 4.69) is 10.4 Å². The van der Waals surface area contributed by atoms with Gasteiger partial charge in [0.1, 0.15) is 10.8 Å². The van der Waals surface area contributed by atoms with Gasteiger partial charge in [-0.2, -0.15) is 14.1 Å². The number of hydrogen-bond acceptors (Lipinski definition) is 9. The van der Waals surface area contributed by atoms with Gasteiger partial charge in [-0.1, -0.05) is 19.9 Å². The zero-order valence-corrected chi connectivity index (χ0v) is 24.0. The summed E-state index contributed by atoms with van der Waals surface area (Å²) in [7, 11) is -2.20. The molecule has 0 fully saturated rings. The number of anilines is 1. The van der Waals surface area contributed by atoms with Crippen molar-refractivity contribution in [2.45, 2.75) is 25.7 Å². The summed E-state index contributed by atoms with van der Waals surface area (Å²) < 4.78 is 38.4. The van der Waals surface area contributed by atoms with E-state index in [0.29, 0.717) is 24.5 Å². The Labute approximate surface area is 235 Å². The van der Waals surface area contributed by atoms with E-state index in [4.69, 9.17) is 9.47 Å². The highest BCUT2D eigenvalue weighted by Crippen LogP contribution is 2.31. The molecule has 2 heterocycles. The monoisotopic (exact) mass is 584 g/mol. The van der Waals surface area contributed by atoms with Gasteiger partial charge in [-0.3, -0.25) is 9.59 Å². The second kappa shape index (κ2) is 12.0. The van der Waals surface area contributed by atoms with Gasteiger partial charge in [0.15, 0.2) is 5.69 Å². The molecule has 0 radical (unpaired) electrons. The zero-order chi connectivity index (χ0) is 29.0. The van der Waals surface area contributed by atoms with Crippen LogP contribution in [0.25, 0.3) is 16.5 Å². The zero-order valence-electron chi connectivity index (χ0n) is 22.3. The Morgan fingerprint density at radius 1 is 1.07 bits per heavy atom. The molecule has 0 aliphatic heterocycles. The van der Waals surface area contributed by atoms with Crippen molar-refractivity contribution in [2.24, 2.45) is 0 Å². The van der Waals surface area contributed by atoms with Crippen LogP contribution in [-0.4, -0.2) is 61.2 Å². The van der Waals surface area contributed by atoms with Crippen LogP contribution in [0.4, 0.5) is 5.00 Å². The summed E-state index contributed by atoms with van der Waals surface area (Å²) in [5.74, 6) is -0.795. The topological polar surface area (TPSA) is 137 Å². The molecule has 0 saturated heterocycles. The third-order valence-corrected chi connectivity index (χ3v) is 9.07. The van der Waals surface area contributed by atoms with E-state index in [1.807, 2.05) is 0 Å². The van der Waals surface area contributed by atoms with E-state index in [-0.39, 0.29) is 38.5 Å². The largest absolute Gasteiger partial charge is 0.497 e. The first-order valence-corrected chi connectivity index (χ1v) is 14.8. The lowest BCUT2D eigenvalue weighted by Gasteiger charge is -2.18. The molecule has 1 amide bonds. The van der Waals surface area contributed by atoms with Crippen LogP contribution in [0.5, 0.6) is 5.75 Å². The van der Waals surface area contributed by atoms with Crippen LogP contribution in [-0.2, 0) is 14.8 Å². The summed E-state index contributed by atoms with van der Waals surface area (Å²) in [6, 6.07) is 12.2. The Morgan fingerprint density at radius 2 is 1.77 bits per heavy atom. The van der Waals surface area contributed by atoms with Crippen molar-refractivity contribution in [3.05, 3.63) is 75.5 Å². The highest BCUT2D eigenvalue weighted by atomic mass is 32.2. The maximum atomic E-state index is 13.6. The van der Waals surface area contributed by atoms with Crippen molar-refractivity contribution in [3.63, 3.8) is 0 Å². The number of thiophene rings is 1. The standard InChI is InChI=1S/C27H28N4O7S2/c1-5-30(6-2)40(35,36)20-13-11-17(12-14-20)24(32)28-25-22-21(16-39-25)23(27(34)38-7-3)29-31(26(22)33)18-9-8-10-19(15-18)37-4/h8-16H,5-7H2,1-4H3,(H,28,32). The molecule has 0 unspecified atom stereocenters. The molecule has 40 heavy (non-hydrogen) atoms. The second-order valence-corrected chi connectivity index (χ2v) is 11.2. The maximum absolute atomic E-state index is 13.6. The Bertz CT molecular complexity index is 1720. The number of carbonyl (C=O) groups excluding carboxylic acids is 2. The van der Waals surface area contributed by atoms with Crippen LogP contribution in [0.2, 0.25) is 0 Å². The number of carbonyl (C=O) groups is 2. The fourth-order valence-electron chi connectivity index (χ4n) is 4.08. The Kier molecular flexibility index (Phi) is 8.67. The summed E-state index contributed by atoms with van der Waals surface area (Å²) in [4.78, 5) is 39.6. The molecular formula is C27H28N4O7S2. The number of esters is 1. The van der Waals surface area contributed by atoms with E-state index in [1.165, 1.54) is 35.7 Å². The van der Waals surface area contributed by atoms with Crippen LogP contribution in [0.15, 0.2) is 63.6 Å². The molecule has 0 aliphatic rings. The second-order valence-electron chi connectivity index (χ2n) is 8.41. The molecule has 4 aromatic rings. The third kappa shape index (κ3) is 5.48. The quantitative estimate of drug-likeness (QED) is 0.277. The van der Waals surface area contributed by atoms with Gasteiger partial charge >= 0.3 is 5.97 Å². The van der Waals surface area contributed by atoms with Crippen molar-refractivity contribution in [3.8, 4) is 11.4 Å². The first kappa shape index (κ1) is 28.9. The molecule has 0 saturated carbocycles. The number of benzene rings is 2. The minimum atomic E-state index is -3.68. The van der Waals surface area contributed by atoms with E-state index in [9.17, 15) is 22.8 Å².